The molecule has 6 heteroatoms. The Labute approximate surface area is 103 Å². The Hall–Kier alpha value is -1.82. The predicted molar refractivity (Wildman–Crippen MR) is 60.8 cm³/mol. The van der Waals surface area contributed by atoms with Crippen molar-refractivity contribution in [1.82, 2.24) is 14.8 Å². The van der Waals surface area contributed by atoms with E-state index < -0.39 is 23.8 Å². The molecule has 0 fully saturated rings. The van der Waals surface area contributed by atoms with Crippen LogP contribution in [-0.4, -0.2) is 26.0 Å². The number of rotatable bonds is 4. The van der Waals surface area contributed by atoms with Gasteiger partial charge in [-0.3, -0.25) is 0 Å². The maximum atomic E-state index is 13.8. The summed E-state index contributed by atoms with van der Waals surface area (Å²) in [4.78, 5) is 3.78. The van der Waals surface area contributed by atoms with Crippen LogP contribution in [0, 0.1) is 11.6 Å². The Balaban J connectivity index is 2.46. The Kier molecular flexibility index (Phi) is 3.66. The molecule has 1 aromatic carbocycles. The lowest BCUT2D eigenvalue weighted by Crippen LogP contribution is -2.26. The van der Waals surface area contributed by atoms with Crippen LogP contribution in [0.5, 0.6) is 0 Å². The summed E-state index contributed by atoms with van der Waals surface area (Å²) in [5.74, 6) is -1.36. The first-order valence-corrected chi connectivity index (χ1v) is 5.60. The maximum Gasteiger partial charge on any atom is 0.137 e. The molecule has 2 unspecified atom stereocenters. The Morgan fingerprint density at radius 2 is 2.17 bits per heavy atom. The average Bonchev–Trinajstić information content (AvgIpc) is 2.85. The molecule has 0 spiro atoms. The van der Waals surface area contributed by atoms with E-state index in [4.69, 9.17) is 0 Å². The third kappa shape index (κ3) is 2.38. The first-order chi connectivity index (χ1) is 8.63. The molecule has 2 aromatic rings. The molecule has 18 heavy (non-hydrogen) atoms. The van der Waals surface area contributed by atoms with Crippen LogP contribution < -0.4 is 0 Å². The van der Waals surface area contributed by atoms with Gasteiger partial charge in [0, 0.05) is 11.6 Å². The second-order valence-electron chi connectivity index (χ2n) is 3.96. The summed E-state index contributed by atoms with van der Waals surface area (Å²) in [6, 6.07) is 2.56. The van der Waals surface area contributed by atoms with Gasteiger partial charge in [0.15, 0.2) is 0 Å². The van der Waals surface area contributed by atoms with E-state index in [2.05, 4.69) is 10.1 Å². The van der Waals surface area contributed by atoms with Crippen molar-refractivity contribution < 1.29 is 13.9 Å². The summed E-state index contributed by atoms with van der Waals surface area (Å²) in [6.45, 7) is 1.77. The van der Waals surface area contributed by atoms with Gasteiger partial charge in [0.05, 0.1) is 6.10 Å². The highest BCUT2D eigenvalue weighted by Gasteiger charge is 2.25. The van der Waals surface area contributed by atoms with Crippen LogP contribution in [0.3, 0.4) is 0 Å². The second kappa shape index (κ2) is 5.22. The van der Waals surface area contributed by atoms with Gasteiger partial charge >= 0.3 is 0 Å². The van der Waals surface area contributed by atoms with E-state index in [9.17, 15) is 13.9 Å². The van der Waals surface area contributed by atoms with Crippen molar-refractivity contribution in [3.05, 3.63) is 48.1 Å². The Bertz CT molecular complexity index is 516. The molecule has 2 rings (SSSR count). The molecule has 0 aliphatic heterocycles. The van der Waals surface area contributed by atoms with E-state index in [1.54, 1.807) is 6.92 Å². The molecule has 0 aliphatic carbocycles. The minimum absolute atomic E-state index is 0.191. The molecule has 0 saturated carbocycles. The highest BCUT2D eigenvalue weighted by Crippen LogP contribution is 2.25. The summed E-state index contributed by atoms with van der Waals surface area (Å²) < 4.78 is 28.0. The second-order valence-corrected chi connectivity index (χ2v) is 3.96. The zero-order chi connectivity index (χ0) is 13.1. The Morgan fingerprint density at radius 3 is 2.72 bits per heavy atom. The summed E-state index contributed by atoms with van der Waals surface area (Å²) >= 11 is 0. The molecular formula is C12H13F2N3O. The van der Waals surface area contributed by atoms with Gasteiger partial charge in [-0.2, -0.15) is 5.10 Å². The van der Waals surface area contributed by atoms with Crippen LogP contribution in [0.2, 0.25) is 0 Å². The van der Waals surface area contributed by atoms with Crippen molar-refractivity contribution in [3.63, 3.8) is 0 Å². The summed E-state index contributed by atoms with van der Waals surface area (Å²) in [5, 5.41) is 13.9. The van der Waals surface area contributed by atoms with E-state index in [1.165, 1.54) is 23.4 Å². The molecule has 2 atom stereocenters. The first kappa shape index (κ1) is 12.6. The highest BCUT2D eigenvalue weighted by atomic mass is 19.1. The van der Waals surface area contributed by atoms with Crippen molar-refractivity contribution in [2.24, 2.45) is 0 Å². The lowest BCUT2D eigenvalue weighted by Gasteiger charge is -2.22. The minimum atomic E-state index is -0.827. The van der Waals surface area contributed by atoms with E-state index in [0.717, 1.165) is 12.1 Å². The van der Waals surface area contributed by atoms with Crippen molar-refractivity contribution in [3.8, 4) is 0 Å². The van der Waals surface area contributed by atoms with Crippen molar-refractivity contribution >= 4 is 0 Å². The van der Waals surface area contributed by atoms with Gasteiger partial charge in [0.2, 0.25) is 0 Å². The van der Waals surface area contributed by atoms with Gasteiger partial charge in [-0.15, -0.1) is 0 Å². The zero-order valence-electron chi connectivity index (χ0n) is 9.79. The van der Waals surface area contributed by atoms with Crippen molar-refractivity contribution in [2.45, 2.75) is 25.5 Å². The van der Waals surface area contributed by atoms with E-state index in [1.807, 2.05) is 0 Å². The van der Waals surface area contributed by atoms with Crippen molar-refractivity contribution in [2.75, 3.05) is 0 Å². The maximum absolute atomic E-state index is 13.8. The number of aliphatic hydroxyl groups excluding tert-OH is 1. The van der Waals surface area contributed by atoms with Gasteiger partial charge in [0.25, 0.3) is 0 Å². The van der Waals surface area contributed by atoms with E-state index in [-0.39, 0.29) is 5.56 Å². The smallest absolute Gasteiger partial charge is 0.137 e. The molecule has 96 valence electrons. The van der Waals surface area contributed by atoms with E-state index >= 15 is 0 Å². The molecule has 0 aliphatic rings. The zero-order valence-corrected chi connectivity index (χ0v) is 9.79. The van der Waals surface area contributed by atoms with Crippen molar-refractivity contribution in [1.29, 1.82) is 0 Å². The lowest BCUT2D eigenvalue weighted by molar-refractivity contribution is 0.118. The quantitative estimate of drug-likeness (QED) is 0.905. The van der Waals surface area contributed by atoms with Crippen LogP contribution in [0.15, 0.2) is 30.9 Å². The third-order valence-corrected chi connectivity index (χ3v) is 2.79. The van der Waals surface area contributed by atoms with Gasteiger partial charge < -0.3 is 5.11 Å². The third-order valence-electron chi connectivity index (χ3n) is 2.79. The first-order valence-electron chi connectivity index (χ1n) is 5.60. The molecular weight excluding hydrogens is 240 g/mol. The number of nitrogens with zero attached hydrogens (tertiary/aromatic N) is 3. The molecule has 1 N–H and O–H groups in total. The largest absolute Gasteiger partial charge is 0.391 e. The SMILES string of the molecule is CCC(O)C(c1ccc(F)cc1F)n1cncn1. The fourth-order valence-electron chi connectivity index (χ4n) is 1.85. The summed E-state index contributed by atoms with van der Waals surface area (Å²) in [5.41, 5.74) is 0.191. The van der Waals surface area contributed by atoms with E-state index in [0.29, 0.717) is 6.42 Å². The van der Waals surface area contributed by atoms with Gasteiger partial charge in [-0.05, 0) is 12.5 Å². The molecule has 4 nitrogen and oxygen atoms in total. The molecule has 1 heterocycles. The van der Waals surface area contributed by atoms with Crippen LogP contribution in [0.4, 0.5) is 8.78 Å². The van der Waals surface area contributed by atoms with Crippen LogP contribution in [0.1, 0.15) is 24.9 Å². The normalized spacial score (nSPS) is 14.4. The average molecular weight is 253 g/mol. The molecule has 0 radical (unpaired) electrons. The standard InChI is InChI=1S/C12H13F2N3O/c1-2-11(18)12(17-7-15-6-16-17)9-4-3-8(13)5-10(9)14/h3-7,11-12,18H,2H2,1H3. The predicted octanol–water partition coefficient (Wildman–Crippen LogP) is 1.92. The fraction of sp³-hybridized carbons (Fsp3) is 0.333. The number of hydrogen-bond donors (Lipinski definition) is 1. The number of aliphatic hydroxyl groups is 1. The topological polar surface area (TPSA) is 50.9 Å². The van der Waals surface area contributed by atoms with Gasteiger partial charge in [-0.25, -0.2) is 18.4 Å². The monoisotopic (exact) mass is 253 g/mol. The number of aromatic nitrogens is 3. The number of halogens is 2. The molecule has 0 amide bonds. The minimum Gasteiger partial charge on any atom is -0.391 e. The number of hydrogen-bond acceptors (Lipinski definition) is 3. The molecule has 0 bridgehead atoms. The van der Waals surface area contributed by atoms with Gasteiger partial charge in [0.1, 0.15) is 30.3 Å². The summed E-state index contributed by atoms with van der Waals surface area (Å²) in [7, 11) is 0. The van der Waals surface area contributed by atoms with Crippen LogP contribution >= 0.6 is 0 Å². The fourth-order valence-corrected chi connectivity index (χ4v) is 1.85. The summed E-state index contributed by atoms with van der Waals surface area (Å²) in [6.07, 6.45) is 2.29. The Morgan fingerprint density at radius 1 is 1.39 bits per heavy atom. The molecule has 1 aromatic heterocycles. The highest BCUT2D eigenvalue weighted by molar-refractivity contribution is 5.23. The number of benzene rings is 1. The van der Waals surface area contributed by atoms with Crippen LogP contribution in [-0.2, 0) is 0 Å². The molecule has 0 saturated heterocycles. The van der Waals surface area contributed by atoms with Gasteiger partial charge in [-0.1, -0.05) is 13.0 Å². The van der Waals surface area contributed by atoms with Crippen LogP contribution in [0.25, 0.3) is 0 Å². The lowest BCUT2D eigenvalue weighted by atomic mass is 9.99.